The van der Waals surface area contributed by atoms with Crippen LogP contribution in [0.5, 0.6) is 0 Å². The van der Waals surface area contributed by atoms with Crippen LogP contribution in [0, 0.1) is 0 Å². The molecule has 0 aromatic carbocycles. The average Bonchev–Trinajstić information content (AvgIpc) is 3.16. The molecular formula is C18H30N4O3. The molecule has 3 heterocycles. The molecule has 3 atom stereocenters. The van der Waals surface area contributed by atoms with Crippen LogP contribution in [-0.2, 0) is 0 Å². The molecule has 0 radical (unpaired) electrons. The van der Waals surface area contributed by atoms with Crippen LogP contribution in [0.25, 0.3) is 0 Å². The largest absolute Gasteiger partial charge is 0.465 e. The van der Waals surface area contributed by atoms with E-state index in [1.165, 1.54) is 17.7 Å². The number of carboxylic acid groups (broad SMARTS) is 1. The number of hydrogen-bond acceptors (Lipinski definition) is 3. The Balaban J connectivity index is 1.37. The van der Waals surface area contributed by atoms with Gasteiger partial charge < -0.3 is 20.2 Å². The van der Waals surface area contributed by atoms with Crippen molar-refractivity contribution in [3.63, 3.8) is 0 Å². The molecule has 7 heteroatoms. The van der Waals surface area contributed by atoms with Gasteiger partial charge in [0.15, 0.2) is 0 Å². The SMILES string of the molecule is CC1(N2CCC(N3C(=O)N[C@@H]4CCCC[C@H]43)CC2)CCN(C(=O)O)C1. The number of nitrogens with one attached hydrogen (secondary N) is 1. The lowest BCUT2D eigenvalue weighted by atomic mass is 9.88. The van der Waals surface area contributed by atoms with Gasteiger partial charge in [-0.3, -0.25) is 4.90 Å². The van der Waals surface area contributed by atoms with E-state index in [-0.39, 0.29) is 11.6 Å². The summed E-state index contributed by atoms with van der Waals surface area (Å²) in [4.78, 5) is 29.9. The first-order chi connectivity index (χ1) is 12.0. The molecule has 140 valence electrons. The molecule has 25 heavy (non-hydrogen) atoms. The minimum Gasteiger partial charge on any atom is -0.465 e. The van der Waals surface area contributed by atoms with Crippen LogP contribution in [0.4, 0.5) is 9.59 Å². The number of carbonyl (C=O) groups is 2. The van der Waals surface area contributed by atoms with Crippen molar-refractivity contribution in [3.8, 4) is 0 Å². The predicted molar refractivity (Wildman–Crippen MR) is 93.6 cm³/mol. The molecule has 0 bridgehead atoms. The van der Waals surface area contributed by atoms with E-state index in [0.717, 1.165) is 45.2 Å². The zero-order valence-electron chi connectivity index (χ0n) is 15.1. The molecule has 0 spiro atoms. The van der Waals surface area contributed by atoms with Gasteiger partial charge in [0, 0.05) is 37.8 Å². The van der Waals surface area contributed by atoms with Crippen LogP contribution in [0.15, 0.2) is 0 Å². The Kier molecular flexibility index (Phi) is 4.30. The maximum absolute atomic E-state index is 12.5. The molecule has 4 rings (SSSR count). The molecule has 0 aromatic rings. The van der Waals surface area contributed by atoms with Crippen LogP contribution >= 0.6 is 0 Å². The highest BCUT2D eigenvalue weighted by Crippen LogP contribution is 2.35. The molecule has 2 N–H and O–H groups in total. The number of amides is 3. The number of piperidine rings is 1. The highest BCUT2D eigenvalue weighted by atomic mass is 16.4. The van der Waals surface area contributed by atoms with Gasteiger partial charge in [0.2, 0.25) is 0 Å². The lowest BCUT2D eigenvalue weighted by Crippen LogP contribution is -2.56. The molecule has 7 nitrogen and oxygen atoms in total. The minimum absolute atomic E-state index is 0.0516. The number of likely N-dealkylation sites (tertiary alicyclic amines) is 2. The summed E-state index contributed by atoms with van der Waals surface area (Å²) in [5.74, 6) is 0. The number of nitrogens with zero attached hydrogens (tertiary/aromatic N) is 3. The molecule has 3 saturated heterocycles. The fourth-order valence-corrected chi connectivity index (χ4v) is 5.48. The van der Waals surface area contributed by atoms with Crippen molar-refractivity contribution in [2.45, 2.75) is 75.5 Å². The zero-order valence-corrected chi connectivity index (χ0v) is 15.1. The highest BCUT2D eigenvalue weighted by molar-refractivity contribution is 5.78. The van der Waals surface area contributed by atoms with Gasteiger partial charge in [0.1, 0.15) is 0 Å². The number of rotatable bonds is 2. The van der Waals surface area contributed by atoms with Crippen molar-refractivity contribution in [1.82, 2.24) is 20.0 Å². The Bertz CT molecular complexity index is 548. The number of carbonyl (C=O) groups excluding carboxylic acids is 1. The van der Waals surface area contributed by atoms with E-state index in [9.17, 15) is 14.7 Å². The summed E-state index contributed by atoms with van der Waals surface area (Å²) >= 11 is 0. The number of urea groups is 1. The van der Waals surface area contributed by atoms with Gasteiger partial charge in [-0.2, -0.15) is 0 Å². The maximum Gasteiger partial charge on any atom is 0.407 e. The van der Waals surface area contributed by atoms with Gasteiger partial charge in [-0.05, 0) is 39.0 Å². The summed E-state index contributed by atoms with van der Waals surface area (Å²) in [7, 11) is 0. The molecule has 3 aliphatic heterocycles. The van der Waals surface area contributed by atoms with E-state index in [4.69, 9.17) is 0 Å². The standard InChI is InChI=1S/C18H30N4O3/c1-18(8-11-20(12-18)17(24)25)21-9-6-13(7-10-21)22-15-5-3-2-4-14(15)19-16(22)23/h13-15H,2-12H2,1H3,(H,19,23)(H,24,25)/t14-,15-,18?/m1/s1. The third kappa shape index (κ3) is 2.96. The van der Waals surface area contributed by atoms with Gasteiger partial charge in [-0.25, -0.2) is 9.59 Å². The third-order valence-corrected chi connectivity index (χ3v) is 6.97. The Hall–Kier alpha value is -1.50. The van der Waals surface area contributed by atoms with Gasteiger partial charge in [-0.15, -0.1) is 0 Å². The van der Waals surface area contributed by atoms with Crippen LogP contribution in [0.3, 0.4) is 0 Å². The fraction of sp³-hybridized carbons (Fsp3) is 0.889. The van der Waals surface area contributed by atoms with Crippen LogP contribution in [-0.4, -0.2) is 81.8 Å². The first kappa shape index (κ1) is 16.9. The second-order valence-corrected chi connectivity index (χ2v) is 8.48. The quantitative estimate of drug-likeness (QED) is 0.798. The summed E-state index contributed by atoms with van der Waals surface area (Å²) in [6.07, 6.45) is 6.80. The highest BCUT2D eigenvalue weighted by Gasteiger charge is 2.46. The molecule has 1 unspecified atom stereocenters. The van der Waals surface area contributed by atoms with Crippen molar-refractivity contribution in [2.75, 3.05) is 26.2 Å². The van der Waals surface area contributed by atoms with E-state index in [2.05, 4.69) is 22.0 Å². The van der Waals surface area contributed by atoms with Gasteiger partial charge in [0.05, 0.1) is 12.1 Å². The summed E-state index contributed by atoms with van der Waals surface area (Å²) in [6, 6.07) is 1.22. The summed E-state index contributed by atoms with van der Waals surface area (Å²) in [6.45, 7) is 5.33. The van der Waals surface area contributed by atoms with Gasteiger partial charge >= 0.3 is 12.1 Å². The molecule has 4 fully saturated rings. The van der Waals surface area contributed by atoms with E-state index in [0.29, 0.717) is 31.2 Å². The Morgan fingerprint density at radius 1 is 1.16 bits per heavy atom. The topological polar surface area (TPSA) is 76.1 Å². The van der Waals surface area contributed by atoms with E-state index in [1.807, 2.05) is 0 Å². The Morgan fingerprint density at radius 2 is 1.88 bits per heavy atom. The van der Waals surface area contributed by atoms with Crippen molar-refractivity contribution >= 4 is 12.1 Å². The summed E-state index contributed by atoms with van der Waals surface area (Å²) in [5.41, 5.74) is -0.0516. The molecule has 3 amide bonds. The first-order valence-electron chi connectivity index (χ1n) is 9.80. The molecule has 4 aliphatic rings. The smallest absolute Gasteiger partial charge is 0.407 e. The maximum atomic E-state index is 12.5. The predicted octanol–water partition coefficient (Wildman–Crippen LogP) is 1.93. The van der Waals surface area contributed by atoms with Crippen LogP contribution < -0.4 is 5.32 Å². The third-order valence-electron chi connectivity index (χ3n) is 6.97. The zero-order chi connectivity index (χ0) is 17.6. The minimum atomic E-state index is -0.810. The monoisotopic (exact) mass is 350 g/mol. The normalized spacial score (nSPS) is 37.2. The van der Waals surface area contributed by atoms with Gasteiger partial charge in [-0.1, -0.05) is 12.8 Å². The van der Waals surface area contributed by atoms with Crippen LogP contribution in [0.1, 0.15) is 51.9 Å². The van der Waals surface area contributed by atoms with E-state index < -0.39 is 6.09 Å². The number of fused-ring (bicyclic) bond motifs is 1. The van der Waals surface area contributed by atoms with Crippen molar-refractivity contribution in [1.29, 1.82) is 0 Å². The van der Waals surface area contributed by atoms with Crippen molar-refractivity contribution in [2.24, 2.45) is 0 Å². The Morgan fingerprint density at radius 3 is 2.56 bits per heavy atom. The lowest BCUT2D eigenvalue weighted by Gasteiger charge is -2.45. The molecule has 0 aromatic heterocycles. The lowest BCUT2D eigenvalue weighted by molar-refractivity contribution is 0.0443. The first-order valence-corrected chi connectivity index (χ1v) is 9.80. The van der Waals surface area contributed by atoms with E-state index >= 15 is 0 Å². The van der Waals surface area contributed by atoms with Gasteiger partial charge in [0.25, 0.3) is 0 Å². The van der Waals surface area contributed by atoms with Crippen molar-refractivity contribution < 1.29 is 14.7 Å². The van der Waals surface area contributed by atoms with Crippen LogP contribution in [0.2, 0.25) is 0 Å². The number of hydrogen-bond donors (Lipinski definition) is 2. The molecular weight excluding hydrogens is 320 g/mol. The second-order valence-electron chi connectivity index (χ2n) is 8.48. The molecule has 1 saturated carbocycles. The van der Waals surface area contributed by atoms with E-state index in [1.54, 1.807) is 0 Å². The summed E-state index contributed by atoms with van der Waals surface area (Å²) < 4.78 is 0. The second kappa shape index (κ2) is 6.34. The summed E-state index contributed by atoms with van der Waals surface area (Å²) in [5, 5.41) is 12.4. The average molecular weight is 350 g/mol. The molecule has 1 aliphatic carbocycles. The Labute approximate surface area is 149 Å². The van der Waals surface area contributed by atoms with Crippen molar-refractivity contribution in [3.05, 3.63) is 0 Å². The fourth-order valence-electron chi connectivity index (χ4n) is 5.48.